The summed E-state index contributed by atoms with van der Waals surface area (Å²) >= 11 is 0. The van der Waals surface area contributed by atoms with Crippen LogP contribution in [0.5, 0.6) is 11.5 Å². The second-order valence-corrected chi connectivity index (χ2v) is 11.8. The standard InChI is InChI=1S/C33H34FN3O6S/c1-23-4-6-25(7-5-23)20-35-33(39)24(2)37(21-26-8-14-29(42-3)15-9-26)32(38)22-43-30-16-18-31(19-17-30)44(40,41)36-28-12-10-27(34)11-13-28/h4-19,24,36H,20-22H2,1-3H3,(H,35,39)/t24-/m1/s1. The average Bonchev–Trinajstić information content (AvgIpc) is 3.03. The number of hydrogen-bond acceptors (Lipinski definition) is 6. The van der Waals surface area contributed by atoms with Gasteiger partial charge in [-0.3, -0.25) is 14.3 Å². The van der Waals surface area contributed by atoms with Gasteiger partial charge >= 0.3 is 0 Å². The molecule has 4 aromatic rings. The first-order valence-corrected chi connectivity index (χ1v) is 15.3. The Labute approximate surface area is 256 Å². The molecule has 1 atom stereocenters. The van der Waals surface area contributed by atoms with Crippen LogP contribution in [0.2, 0.25) is 0 Å². The number of carbonyl (C=O) groups is 2. The number of anilines is 1. The molecule has 230 valence electrons. The van der Waals surface area contributed by atoms with Crippen LogP contribution in [-0.4, -0.2) is 44.9 Å². The zero-order valence-electron chi connectivity index (χ0n) is 24.6. The van der Waals surface area contributed by atoms with E-state index in [-0.39, 0.29) is 35.4 Å². The van der Waals surface area contributed by atoms with Gasteiger partial charge in [-0.25, -0.2) is 12.8 Å². The number of hydrogen-bond donors (Lipinski definition) is 2. The molecule has 44 heavy (non-hydrogen) atoms. The third kappa shape index (κ3) is 8.81. The van der Waals surface area contributed by atoms with Crippen LogP contribution in [0.1, 0.15) is 23.6 Å². The van der Waals surface area contributed by atoms with Crippen molar-refractivity contribution in [3.8, 4) is 11.5 Å². The molecule has 2 amide bonds. The van der Waals surface area contributed by atoms with Crippen LogP contribution < -0.4 is 19.5 Å². The lowest BCUT2D eigenvalue weighted by molar-refractivity contribution is -0.142. The summed E-state index contributed by atoms with van der Waals surface area (Å²) in [4.78, 5) is 27.9. The highest BCUT2D eigenvalue weighted by atomic mass is 32.2. The minimum absolute atomic E-state index is 0.0412. The van der Waals surface area contributed by atoms with E-state index in [4.69, 9.17) is 9.47 Å². The van der Waals surface area contributed by atoms with Crippen molar-refractivity contribution in [2.24, 2.45) is 0 Å². The maximum atomic E-state index is 13.4. The molecule has 0 saturated heterocycles. The summed E-state index contributed by atoms with van der Waals surface area (Å²) in [7, 11) is -2.37. The average molecular weight is 620 g/mol. The number of nitrogens with zero attached hydrogens (tertiary/aromatic N) is 1. The molecular weight excluding hydrogens is 585 g/mol. The fraction of sp³-hybridized carbons (Fsp3) is 0.212. The first kappa shape index (κ1) is 32.0. The van der Waals surface area contributed by atoms with Gasteiger partial charge in [0.05, 0.1) is 12.0 Å². The van der Waals surface area contributed by atoms with Gasteiger partial charge in [-0.1, -0.05) is 42.0 Å². The smallest absolute Gasteiger partial charge is 0.261 e. The number of rotatable bonds is 13. The van der Waals surface area contributed by atoms with E-state index in [1.54, 1.807) is 26.2 Å². The molecule has 2 N–H and O–H groups in total. The van der Waals surface area contributed by atoms with Crippen molar-refractivity contribution in [2.75, 3.05) is 18.4 Å². The number of ether oxygens (including phenoxy) is 2. The van der Waals surface area contributed by atoms with Crippen LogP contribution in [0.3, 0.4) is 0 Å². The van der Waals surface area contributed by atoms with E-state index in [0.29, 0.717) is 12.3 Å². The summed E-state index contributed by atoms with van der Waals surface area (Å²) < 4.78 is 51.9. The molecule has 11 heteroatoms. The van der Waals surface area contributed by atoms with E-state index in [0.717, 1.165) is 28.8 Å². The van der Waals surface area contributed by atoms with Gasteiger partial charge in [0, 0.05) is 18.8 Å². The number of aryl methyl sites for hydroxylation is 1. The van der Waals surface area contributed by atoms with E-state index in [1.807, 2.05) is 43.3 Å². The van der Waals surface area contributed by atoms with Gasteiger partial charge in [0.1, 0.15) is 23.4 Å². The molecule has 4 rings (SSSR count). The minimum atomic E-state index is -3.93. The van der Waals surface area contributed by atoms with Gasteiger partial charge in [0.25, 0.3) is 15.9 Å². The Morgan fingerprint density at radius 3 is 2.05 bits per heavy atom. The first-order chi connectivity index (χ1) is 21.0. The third-order valence-corrected chi connectivity index (χ3v) is 8.26. The number of benzene rings is 4. The van der Waals surface area contributed by atoms with Gasteiger partial charge < -0.3 is 19.7 Å². The van der Waals surface area contributed by atoms with E-state index in [1.165, 1.54) is 41.3 Å². The minimum Gasteiger partial charge on any atom is -0.497 e. The van der Waals surface area contributed by atoms with E-state index < -0.39 is 27.8 Å². The Morgan fingerprint density at radius 2 is 1.43 bits per heavy atom. The zero-order chi connectivity index (χ0) is 31.7. The van der Waals surface area contributed by atoms with Crippen molar-refractivity contribution in [3.63, 3.8) is 0 Å². The lowest BCUT2D eigenvalue weighted by Crippen LogP contribution is -2.48. The summed E-state index contributed by atoms with van der Waals surface area (Å²) in [5.74, 6) is -0.315. The number of halogens is 1. The van der Waals surface area contributed by atoms with Crippen molar-refractivity contribution < 1.29 is 31.9 Å². The lowest BCUT2D eigenvalue weighted by Gasteiger charge is -2.29. The highest BCUT2D eigenvalue weighted by Gasteiger charge is 2.26. The molecule has 0 heterocycles. The van der Waals surface area contributed by atoms with Crippen LogP contribution in [-0.2, 0) is 32.7 Å². The summed E-state index contributed by atoms with van der Waals surface area (Å²) in [5.41, 5.74) is 3.06. The maximum Gasteiger partial charge on any atom is 0.261 e. The molecular formula is C33H34FN3O6S. The fourth-order valence-corrected chi connectivity index (χ4v) is 5.29. The molecule has 0 spiro atoms. The maximum absolute atomic E-state index is 13.4. The van der Waals surface area contributed by atoms with Crippen LogP contribution in [0.4, 0.5) is 10.1 Å². The van der Waals surface area contributed by atoms with Crippen molar-refractivity contribution in [3.05, 3.63) is 120 Å². The molecule has 9 nitrogen and oxygen atoms in total. The van der Waals surface area contributed by atoms with Gasteiger partial charge in [-0.2, -0.15) is 0 Å². The van der Waals surface area contributed by atoms with Gasteiger partial charge in [0.2, 0.25) is 5.91 Å². The topological polar surface area (TPSA) is 114 Å². The summed E-state index contributed by atoms with van der Waals surface area (Å²) in [6, 6.07) is 24.6. The molecule has 0 fully saturated rings. The van der Waals surface area contributed by atoms with Crippen molar-refractivity contribution in [2.45, 2.75) is 37.9 Å². The summed E-state index contributed by atoms with van der Waals surface area (Å²) in [5, 5.41) is 2.90. The normalized spacial score (nSPS) is 11.7. The van der Waals surface area contributed by atoms with Crippen molar-refractivity contribution >= 4 is 27.5 Å². The molecule has 0 radical (unpaired) electrons. The van der Waals surface area contributed by atoms with E-state index >= 15 is 0 Å². The highest BCUT2D eigenvalue weighted by molar-refractivity contribution is 7.92. The van der Waals surface area contributed by atoms with Gasteiger partial charge in [0.15, 0.2) is 6.61 Å². The van der Waals surface area contributed by atoms with Crippen LogP contribution >= 0.6 is 0 Å². The Hall–Kier alpha value is -4.90. The fourth-order valence-electron chi connectivity index (χ4n) is 4.23. The number of methoxy groups -OCH3 is 1. The Bertz CT molecular complexity index is 1660. The molecule has 0 saturated carbocycles. The number of carbonyl (C=O) groups excluding carboxylic acids is 2. The Balaban J connectivity index is 1.42. The second-order valence-electron chi connectivity index (χ2n) is 10.1. The van der Waals surface area contributed by atoms with Crippen LogP contribution in [0, 0.1) is 12.7 Å². The molecule has 4 aromatic carbocycles. The zero-order valence-corrected chi connectivity index (χ0v) is 25.4. The van der Waals surface area contributed by atoms with E-state index in [2.05, 4.69) is 10.0 Å². The summed E-state index contributed by atoms with van der Waals surface area (Å²) in [6.45, 7) is 3.72. The van der Waals surface area contributed by atoms with Gasteiger partial charge in [-0.15, -0.1) is 0 Å². The quantitative estimate of drug-likeness (QED) is 0.216. The Morgan fingerprint density at radius 1 is 0.841 bits per heavy atom. The molecule has 0 aromatic heterocycles. The van der Waals surface area contributed by atoms with Gasteiger partial charge in [-0.05, 0) is 85.6 Å². The molecule has 0 aliphatic rings. The summed E-state index contributed by atoms with van der Waals surface area (Å²) in [6.07, 6.45) is 0. The van der Waals surface area contributed by atoms with E-state index in [9.17, 15) is 22.4 Å². The first-order valence-electron chi connectivity index (χ1n) is 13.8. The predicted molar refractivity (Wildman–Crippen MR) is 165 cm³/mol. The number of amides is 2. The SMILES string of the molecule is COc1ccc(CN(C(=O)COc2ccc(S(=O)(=O)Nc3ccc(F)cc3)cc2)[C@H](C)C(=O)NCc2ccc(C)cc2)cc1. The lowest BCUT2D eigenvalue weighted by atomic mass is 10.1. The number of nitrogens with one attached hydrogen (secondary N) is 2. The van der Waals surface area contributed by atoms with Crippen molar-refractivity contribution in [1.29, 1.82) is 0 Å². The third-order valence-electron chi connectivity index (χ3n) is 6.86. The monoisotopic (exact) mass is 619 g/mol. The predicted octanol–water partition coefficient (Wildman–Crippen LogP) is 5.06. The largest absolute Gasteiger partial charge is 0.497 e. The molecule has 0 aliphatic heterocycles. The van der Waals surface area contributed by atoms with Crippen LogP contribution in [0.15, 0.2) is 102 Å². The van der Waals surface area contributed by atoms with Crippen LogP contribution in [0.25, 0.3) is 0 Å². The highest BCUT2D eigenvalue weighted by Crippen LogP contribution is 2.21. The number of sulfonamides is 1. The molecule has 0 unspecified atom stereocenters. The van der Waals surface area contributed by atoms with Crippen molar-refractivity contribution in [1.82, 2.24) is 10.2 Å². The molecule has 0 bridgehead atoms. The Kier molecular flexibility index (Phi) is 10.6. The molecule has 0 aliphatic carbocycles. The second kappa shape index (κ2) is 14.5.